The van der Waals surface area contributed by atoms with Gasteiger partial charge in [0, 0.05) is 29.7 Å². The van der Waals surface area contributed by atoms with Gasteiger partial charge in [0.15, 0.2) is 5.16 Å². The Bertz CT molecular complexity index is 1040. The van der Waals surface area contributed by atoms with Crippen molar-refractivity contribution in [3.63, 3.8) is 0 Å². The van der Waals surface area contributed by atoms with E-state index in [0.29, 0.717) is 18.7 Å². The maximum Gasteiger partial charge on any atom is 0.311 e. The van der Waals surface area contributed by atoms with Gasteiger partial charge in [0.1, 0.15) is 0 Å². The van der Waals surface area contributed by atoms with Gasteiger partial charge in [-0.15, -0.1) is 0 Å². The molecule has 1 aromatic carbocycles. The first-order valence-corrected chi connectivity index (χ1v) is 9.65. The number of carbonyl (C=O) groups excluding carboxylic acids is 2. The third kappa shape index (κ3) is 5.23. The second-order valence-electron chi connectivity index (χ2n) is 6.04. The maximum absolute atomic E-state index is 12.1. The quantitative estimate of drug-likeness (QED) is 0.299. The number of ether oxygens (including phenoxy) is 1. The number of fused-ring (bicyclic) bond motifs is 1. The van der Waals surface area contributed by atoms with Crippen LogP contribution in [0.1, 0.15) is 11.3 Å². The van der Waals surface area contributed by atoms with Gasteiger partial charge in [-0.2, -0.15) is 0 Å². The highest BCUT2D eigenvalue weighted by atomic mass is 32.2. The monoisotopic (exact) mass is 400 g/mol. The van der Waals surface area contributed by atoms with E-state index in [1.807, 2.05) is 30.5 Å². The Balaban J connectivity index is 1.49. The van der Waals surface area contributed by atoms with E-state index in [2.05, 4.69) is 25.0 Å². The number of hydrogen-bond acceptors (Lipinski definition) is 6. The van der Waals surface area contributed by atoms with Crippen molar-refractivity contribution in [2.24, 2.45) is 0 Å². The van der Waals surface area contributed by atoms with Gasteiger partial charge in [-0.25, -0.2) is 4.98 Å². The predicted molar refractivity (Wildman–Crippen MR) is 106 cm³/mol. The SMILES string of the molecule is COC(=O)Cc1cc(=O)[nH]c(SCC(=O)NCCc2c[nH]c3ccccc23)n1. The first-order valence-electron chi connectivity index (χ1n) is 8.66. The molecule has 8 nitrogen and oxygen atoms in total. The van der Waals surface area contributed by atoms with E-state index >= 15 is 0 Å². The van der Waals surface area contributed by atoms with Gasteiger partial charge in [-0.3, -0.25) is 14.4 Å². The molecule has 3 aromatic rings. The molecule has 146 valence electrons. The number of H-pyrrole nitrogens is 2. The summed E-state index contributed by atoms with van der Waals surface area (Å²) in [5.74, 6) is -0.534. The molecule has 3 rings (SSSR count). The van der Waals surface area contributed by atoms with Crippen LogP contribution in [0.15, 0.2) is 46.5 Å². The second-order valence-corrected chi connectivity index (χ2v) is 7.01. The minimum absolute atomic E-state index is 0.0925. The molecule has 0 aliphatic heterocycles. The van der Waals surface area contributed by atoms with E-state index in [9.17, 15) is 14.4 Å². The number of esters is 1. The standard InChI is InChI=1S/C19H20N4O4S/c1-27-18(26)9-13-8-16(24)23-19(22-13)28-11-17(25)20-7-6-12-10-21-15-5-3-2-4-14(12)15/h2-5,8,10,21H,6-7,9,11H2,1H3,(H,20,25)(H,22,23,24). The summed E-state index contributed by atoms with van der Waals surface area (Å²) in [6.45, 7) is 0.508. The maximum atomic E-state index is 12.1. The number of methoxy groups -OCH3 is 1. The third-order valence-electron chi connectivity index (χ3n) is 4.06. The lowest BCUT2D eigenvalue weighted by Gasteiger charge is -2.06. The van der Waals surface area contributed by atoms with Crippen LogP contribution in [0.25, 0.3) is 10.9 Å². The van der Waals surface area contributed by atoms with Crippen LogP contribution in [0.3, 0.4) is 0 Å². The van der Waals surface area contributed by atoms with Gasteiger partial charge < -0.3 is 20.0 Å². The topological polar surface area (TPSA) is 117 Å². The zero-order valence-electron chi connectivity index (χ0n) is 15.3. The average molecular weight is 400 g/mol. The Kier molecular flexibility index (Phi) is 6.49. The summed E-state index contributed by atoms with van der Waals surface area (Å²) in [5.41, 5.74) is 2.14. The average Bonchev–Trinajstić information content (AvgIpc) is 3.09. The lowest BCUT2D eigenvalue weighted by Crippen LogP contribution is -2.27. The van der Waals surface area contributed by atoms with Crippen LogP contribution in [-0.2, 0) is 27.2 Å². The number of para-hydroxylation sites is 1. The molecule has 0 aliphatic rings. The molecule has 3 N–H and O–H groups in total. The Labute approximate surface area is 165 Å². The number of nitrogens with zero attached hydrogens (tertiary/aromatic N) is 1. The number of benzene rings is 1. The van der Waals surface area contributed by atoms with E-state index in [1.165, 1.54) is 13.2 Å². The number of rotatable bonds is 8. The van der Waals surface area contributed by atoms with Crippen molar-refractivity contribution in [1.82, 2.24) is 20.3 Å². The zero-order chi connectivity index (χ0) is 19.9. The number of carbonyl (C=O) groups is 2. The molecule has 0 saturated carbocycles. The van der Waals surface area contributed by atoms with Crippen molar-refractivity contribution in [2.75, 3.05) is 19.4 Å². The first-order chi connectivity index (χ1) is 13.5. The van der Waals surface area contributed by atoms with E-state index in [1.54, 1.807) is 0 Å². The van der Waals surface area contributed by atoms with Gasteiger partial charge in [0.05, 0.1) is 25.0 Å². The minimum Gasteiger partial charge on any atom is -0.469 e. The highest BCUT2D eigenvalue weighted by Crippen LogP contribution is 2.17. The van der Waals surface area contributed by atoms with Crippen LogP contribution in [0.4, 0.5) is 0 Å². The summed E-state index contributed by atoms with van der Waals surface area (Å²) in [7, 11) is 1.27. The number of hydrogen-bond donors (Lipinski definition) is 3. The number of aromatic amines is 2. The highest BCUT2D eigenvalue weighted by Gasteiger charge is 2.10. The molecule has 2 heterocycles. The summed E-state index contributed by atoms with van der Waals surface area (Å²) < 4.78 is 4.57. The molecule has 28 heavy (non-hydrogen) atoms. The number of amides is 1. The molecule has 2 aromatic heterocycles. The van der Waals surface area contributed by atoms with Crippen LogP contribution in [-0.4, -0.2) is 46.2 Å². The van der Waals surface area contributed by atoms with Crippen LogP contribution in [0.5, 0.6) is 0 Å². The van der Waals surface area contributed by atoms with Crippen LogP contribution >= 0.6 is 11.8 Å². The third-order valence-corrected chi connectivity index (χ3v) is 4.93. The normalized spacial score (nSPS) is 10.8. The number of thioether (sulfide) groups is 1. The van der Waals surface area contributed by atoms with E-state index in [-0.39, 0.29) is 28.8 Å². The predicted octanol–water partition coefficient (Wildman–Crippen LogP) is 1.42. The van der Waals surface area contributed by atoms with Crippen molar-refractivity contribution in [1.29, 1.82) is 0 Å². The zero-order valence-corrected chi connectivity index (χ0v) is 16.1. The first kappa shape index (κ1) is 19.7. The minimum atomic E-state index is -0.482. The van der Waals surface area contributed by atoms with Crippen LogP contribution in [0, 0.1) is 0 Å². The number of aromatic nitrogens is 3. The number of nitrogens with one attached hydrogen (secondary N) is 3. The van der Waals surface area contributed by atoms with Crippen molar-refractivity contribution in [3.8, 4) is 0 Å². The molecule has 0 radical (unpaired) electrons. The van der Waals surface area contributed by atoms with Crippen molar-refractivity contribution >= 4 is 34.5 Å². The summed E-state index contributed by atoms with van der Waals surface area (Å²) in [6, 6.07) is 9.25. The largest absolute Gasteiger partial charge is 0.469 e. The van der Waals surface area contributed by atoms with Gasteiger partial charge in [-0.05, 0) is 18.1 Å². The molecule has 0 atom stereocenters. The molecule has 0 unspecified atom stereocenters. The van der Waals surface area contributed by atoms with E-state index in [4.69, 9.17) is 0 Å². The summed E-state index contributed by atoms with van der Waals surface area (Å²) >= 11 is 1.11. The molecule has 0 bridgehead atoms. The fourth-order valence-electron chi connectivity index (χ4n) is 2.72. The van der Waals surface area contributed by atoms with Crippen molar-refractivity contribution in [2.45, 2.75) is 18.0 Å². The van der Waals surface area contributed by atoms with E-state index < -0.39 is 5.97 Å². The van der Waals surface area contributed by atoms with E-state index in [0.717, 1.165) is 28.2 Å². The molecule has 1 amide bonds. The van der Waals surface area contributed by atoms with Crippen molar-refractivity contribution in [3.05, 3.63) is 58.1 Å². The lowest BCUT2D eigenvalue weighted by atomic mass is 10.1. The molecule has 0 saturated heterocycles. The fraction of sp³-hybridized carbons (Fsp3) is 0.263. The summed E-state index contributed by atoms with van der Waals surface area (Å²) in [6.07, 6.45) is 2.57. The lowest BCUT2D eigenvalue weighted by molar-refractivity contribution is -0.139. The smallest absolute Gasteiger partial charge is 0.311 e. The molecular formula is C19H20N4O4S. The summed E-state index contributed by atoms with van der Waals surface area (Å²) in [5, 5.41) is 4.30. The highest BCUT2D eigenvalue weighted by molar-refractivity contribution is 7.99. The molecule has 0 spiro atoms. The summed E-state index contributed by atoms with van der Waals surface area (Å²) in [4.78, 5) is 45.0. The van der Waals surface area contributed by atoms with Crippen molar-refractivity contribution < 1.29 is 14.3 Å². The van der Waals surface area contributed by atoms with Crippen LogP contribution in [0.2, 0.25) is 0 Å². The van der Waals surface area contributed by atoms with Crippen LogP contribution < -0.4 is 10.9 Å². The Hall–Kier alpha value is -3.07. The Morgan fingerprint density at radius 3 is 2.93 bits per heavy atom. The molecule has 0 fully saturated rings. The molecule has 9 heteroatoms. The van der Waals surface area contributed by atoms with Gasteiger partial charge in [0.25, 0.3) is 5.56 Å². The molecular weight excluding hydrogens is 380 g/mol. The molecule has 0 aliphatic carbocycles. The van der Waals surface area contributed by atoms with Gasteiger partial charge >= 0.3 is 5.97 Å². The van der Waals surface area contributed by atoms with Gasteiger partial charge in [-0.1, -0.05) is 30.0 Å². The Morgan fingerprint density at radius 2 is 2.11 bits per heavy atom. The fourth-order valence-corrected chi connectivity index (χ4v) is 3.45. The Morgan fingerprint density at radius 1 is 1.29 bits per heavy atom. The van der Waals surface area contributed by atoms with Gasteiger partial charge in [0.2, 0.25) is 5.91 Å². The second kappa shape index (κ2) is 9.23.